The number of ether oxygens (including phenoxy) is 3. The van der Waals surface area contributed by atoms with Gasteiger partial charge in [-0.25, -0.2) is 0 Å². The summed E-state index contributed by atoms with van der Waals surface area (Å²) in [4.78, 5) is 25.8. The average molecular weight is 435 g/mol. The van der Waals surface area contributed by atoms with E-state index < -0.39 is 11.9 Å². The van der Waals surface area contributed by atoms with Crippen molar-refractivity contribution in [3.63, 3.8) is 0 Å². The van der Waals surface area contributed by atoms with Crippen LogP contribution in [0.1, 0.15) is 29.8 Å². The van der Waals surface area contributed by atoms with Crippen LogP contribution in [0.25, 0.3) is 0 Å². The molecule has 162 valence electrons. The minimum Gasteiger partial charge on any atom is -0.493 e. The molecule has 0 unspecified atom stereocenters. The number of anilines is 1. The number of methoxy groups -OCH3 is 3. The normalized spacial score (nSPS) is 11.6. The fourth-order valence-electron chi connectivity index (χ4n) is 2.95. The third-order valence-corrected chi connectivity index (χ3v) is 4.84. The maximum absolute atomic E-state index is 12.9. The SMILES string of the molecule is COc1cc(C(=O)N[C@H](C(=O)Nc2ccc(Cl)cc2C)C(C)C)cc(OC)c1OC. The van der Waals surface area contributed by atoms with Gasteiger partial charge in [-0.05, 0) is 48.7 Å². The van der Waals surface area contributed by atoms with Gasteiger partial charge in [0.25, 0.3) is 5.91 Å². The van der Waals surface area contributed by atoms with Crippen LogP contribution in [0.15, 0.2) is 30.3 Å². The quantitative estimate of drug-likeness (QED) is 0.654. The zero-order valence-electron chi connectivity index (χ0n) is 18.0. The van der Waals surface area contributed by atoms with Crippen molar-refractivity contribution >= 4 is 29.1 Å². The lowest BCUT2D eigenvalue weighted by Crippen LogP contribution is -2.47. The Morgan fingerprint density at radius 3 is 2.03 bits per heavy atom. The summed E-state index contributed by atoms with van der Waals surface area (Å²) in [5.41, 5.74) is 1.75. The smallest absolute Gasteiger partial charge is 0.252 e. The topological polar surface area (TPSA) is 85.9 Å². The molecule has 7 nitrogen and oxygen atoms in total. The highest BCUT2D eigenvalue weighted by Crippen LogP contribution is 2.38. The molecule has 2 aromatic carbocycles. The fourth-order valence-corrected chi connectivity index (χ4v) is 3.18. The van der Waals surface area contributed by atoms with Crippen LogP contribution in [0.4, 0.5) is 5.69 Å². The van der Waals surface area contributed by atoms with E-state index in [1.54, 1.807) is 18.2 Å². The zero-order valence-corrected chi connectivity index (χ0v) is 18.7. The number of nitrogens with one attached hydrogen (secondary N) is 2. The molecule has 2 amide bonds. The lowest BCUT2D eigenvalue weighted by Gasteiger charge is -2.23. The van der Waals surface area contributed by atoms with E-state index in [4.69, 9.17) is 25.8 Å². The third kappa shape index (κ3) is 5.36. The summed E-state index contributed by atoms with van der Waals surface area (Å²) in [6.45, 7) is 5.56. The van der Waals surface area contributed by atoms with Crippen LogP contribution in [0.3, 0.4) is 0 Å². The number of hydrogen-bond acceptors (Lipinski definition) is 5. The van der Waals surface area contributed by atoms with E-state index in [1.807, 2.05) is 20.8 Å². The fraction of sp³-hybridized carbons (Fsp3) is 0.364. The summed E-state index contributed by atoms with van der Waals surface area (Å²) < 4.78 is 15.9. The van der Waals surface area contributed by atoms with Crippen LogP contribution < -0.4 is 24.8 Å². The Morgan fingerprint density at radius 1 is 0.967 bits per heavy atom. The summed E-state index contributed by atoms with van der Waals surface area (Å²) >= 11 is 5.98. The standard InChI is InChI=1S/C22H27ClN2O5/c1-12(2)19(22(27)24-16-8-7-15(23)9-13(16)3)25-21(26)14-10-17(28-4)20(30-6)18(11-14)29-5/h7-12,19H,1-6H3,(H,24,27)(H,25,26)/t19-/m0/s1. The van der Waals surface area contributed by atoms with Gasteiger partial charge in [0.15, 0.2) is 11.5 Å². The van der Waals surface area contributed by atoms with E-state index in [2.05, 4.69) is 10.6 Å². The Labute approximate surface area is 181 Å². The van der Waals surface area contributed by atoms with Crippen LogP contribution in [-0.4, -0.2) is 39.2 Å². The molecule has 30 heavy (non-hydrogen) atoms. The van der Waals surface area contributed by atoms with Crippen LogP contribution in [0, 0.1) is 12.8 Å². The van der Waals surface area contributed by atoms with Crippen molar-refractivity contribution in [2.75, 3.05) is 26.6 Å². The first-order chi connectivity index (χ1) is 14.2. The molecule has 0 saturated carbocycles. The number of carbonyl (C=O) groups excluding carboxylic acids is 2. The largest absolute Gasteiger partial charge is 0.493 e. The summed E-state index contributed by atoms with van der Waals surface area (Å²) in [5, 5.41) is 6.24. The Balaban J connectivity index is 2.26. The van der Waals surface area contributed by atoms with Crippen LogP contribution in [0.5, 0.6) is 17.2 Å². The minimum absolute atomic E-state index is 0.149. The predicted octanol–water partition coefficient (Wildman–Crippen LogP) is 4.07. The number of rotatable bonds is 8. The summed E-state index contributed by atoms with van der Waals surface area (Å²) in [6, 6.07) is 7.50. The average Bonchev–Trinajstić information content (AvgIpc) is 2.72. The van der Waals surface area contributed by atoms with Crippen LogP contribution in [0.2, 0.25) is 5.02 Å². The van der Waals surface area contributed by atoms with E-state index in [-0.39, 0.29) is 17.4 Å². The zero-order chi connectivity index (χ0) is 22.4. The molecule has 2 rings (SSSR count). The van der Waals surface area contributed by atoms with E-state index in [9.17, 15) is 9.59 Å². The highest BCUT2D eigenvalue weighted by molar-refractivity contribution is 6.30. The van der Waals surface area contributed by atoms with Gasteiger partial charge >= 0.3 is 0 Å². The first-order valence-corrected chi connectivity index (χ1v) is 9.77. The predicted molar refractivity (Wildman–Crippen MR) is 117 cm³/mol. The number of benzene rings is 2. The molecule has 0 aromatic heterocycles. The lowest BCUT2D eigenvalue weighted by atomic mass is 10.0. The number of carbonyl (C=O) groups is 2. The van der Waals surface area contributed by atoms with Crippen molar-refractivity contribution < 1.29 is 23.8 Å². The first kappa shape index (κ1) is 23.3. The monoisotopic (exact) mass is 434 g/mol. The minimum atomic E-state index is -0.758. The Morgan fingerprint density at radius 2 is 1.57 bits per heavy atom. The molecule has 1 atom stereocenters. The molecule has 0 radical (unpaired) electrons. The van der Waals surface area contributed by atoms with E-state index >= 15 is 0 Å². The lowest BCUT2D eigenvalue weighted by molar-refractivity contribution is -0.118. The molecule has 0 aliphatic rings. The van der Waals surface area contributed by atoms with Gasteiger partial charge in [0.1, 0.15) is 6.04 Å². The van der Waals surface area contributed by atoms with Crippen molar-refractivity contribution in [1.82, 2.24) is 5.32 Å². The highest BCUT2D eigenvalue weighted by atomic mass is 35.5. The van der Waals surface area contributed by atoms with E-state index in [0.29, 0.717) is 28.0 Å². The number of halogens is 1. The molecule has 8 heteroatoms. The molecular formula is C22H27ClN2O5. The maximum atomic E-state index is 12.9. The van der Waals surface area contributed by atoms with Crippen molar-refractivity contribution in [3.8, 4) is 17.2 Å². The molecule has 0 heterocycles. The maximum Gasteiger partial charge on any atom is 0.252 e. The molecule has 0 fully saturated rings. The molecule has 0 aliphatic carbocycles. The van der Waals surface area contributed by atoms with Gasteiger partial charge in [-0.3, -0.25) is 9.59 Å². The molecular weight excluding hydrogens is 408 g/mol. The first-order valence-electron chi connectivity index (χ1n) is 9.39. The second-order valence-electron chi connectivity index (χ2n) is 7.06. The van der Waals surface area contributed by atoms with Gasteiger partial charge in [-0.2, -0.15) is 0 Å². The van der Waals surface area contributed by atoms with E-state index in [0.717, 1.165) is 5.56 Å². The van der Waals surface area contributed by atoms with Crippen molar-refractivity contribution in [3.05, 3.63) is 46.5 Å². The number of hydrogen-bond donors (Lipinski definition) is 2. The van der Waals surface area contributed by atoms with Gasteiger partial charge in [0.2, 0.25) is 11.7 Å². The van der Waals surface area contributed by atoms with Gasteiger partial charge in [0.05, 0.1) is 21.3 Å². The highest BCUT2D eigenvalue weighted by Gasteiger charge is 2.26. The molecule has 0 spiro atoms. The third-order valence-electron chi connectivity index (χ3n) is 4.61. The van der Waals surface area contributed by atoms with Gasteiger partial charge in [-0.15, -0.1) is 0 Å². The number of amides is 2. The van der Waals surface area contributed by atoms with Crippen LogP contribution in [-0.2, 0) is 4.79 Å². The molecule has 2 N–H and O–H groups in total. The van der Waals surface area contributed by atoms with Crippen LogP contribution >= 0.6 is 11.6 Å². The Bertz CT molecular complexity index is 905. The Kier molecular flexibility index (Phi) is 7.94. The number of aryl methyl sites for hydroxylation is 1. The second kappa shape index (κ2) is 10.2. The second-order valence-corrected chi connectivity index (χ2v) is 7.49. The molecule has 0 saturated heterocycles. The Hall–Kier alpha value is -2.93. The van der Waals surface area contributed by atoms with Gasteiger partial charge < -0.3 is 24.8 Å². The van der Waals surface area contributed by atoms with Crippen molar-refractivity contribution in [2.45, 2.75) is 26.8 Å². The van der Waals surface area contributed by atoms with Crippen molar-refractivity contribution in [2.24, 2.45) is 5.92 Å². The van der Waals surface area contributed by atoms with Crippen molar-refractivity contribution in [1.29, 1.82) is 0 Å². The van der Waals surface area contributed by atoms with E-state index in [1.165, 1.54) is 33.5 Å². The summed E-state index contributed by atoms with van der Waals surface area (Å²) in [7, 11) is 4.42. The molecule has 0 bridgehead atoms. The van der Waals surface area contributed by atoms with Gasteiger partial charge in [0, 0.05) is 16.3 Å². The molecule has 2 aromatic rings. The summed E-state index contributed by atoms with van der Waals surface area (Å²) in [6.07, 6.45) is 0. The van der Waals surface area contributed by atoms with Gasteiger partial charge in [-0.1, -0.05) is 25.4 Å². The molecule has 0 aliphatic heterocycles. The summed E-state index contributed by atoms with van der Waals surface area (Å²) in [5.74, 6) is 0.178.